The molecule has 0 radical (unpaired) electrons. The third kappa shape index (κ3) is 8.33. The Balaban J connectivity index is 2.61. The van der Waals surface area contributed by atoms with E-state index in [1.54, 1.807) is 51.1 Å². The number of benzene rings is 2. The zero-order valence-corrected chi connectivity index (χ0v) is 23.3. The molecular formula is C29H40N4O5. The molecule has 0 aromatic heterocycles. The van der Waals surface area contributed by atoms with Crippen LogP contribution in [-0.4, -0.2) is 45.9 Å². The molecule has 2 atom stereocenters. The van der Waals surface area contributed by atoms with E-state index in [-0.39, 0.29) is 0 Å². The minimum atomic E-state index is -1.34. The number of aryl methyl sites for hydroxylation is 1. The Bertz CT molecular complexity index is 1140. The third-order valence-corrected chi connectivity index (χ3v) is 6.17. The van der Waals surface area contributed by atoms with E-state index in [1.807, 2.05) is 52.0 Å². The summed E-state index contributed by atoms with van der Waals surface area (Å²) < 4.78 is 5.32. The van der Waals surface area contributed by atoms with E-state index in [9.17, 15) is 19.2 Å². The molecular weight excluding hydrogens is 484 g/mol. The van der Waals surface area contributed by atoms with E-state index in [2.05, 4.69) is 10.6 Å². The van der Waals surface area contributed by atoms with Crippen LogP contribution in [0.15, 0.2) is 54.6 Å². The summed E-state index contributed by atoms with van der Waals surface area (Å²) in [6, 6.07) is 13.8. The zero-order valence-electron chi connectivity index (χ0n) is 23.3. The van der Waals surface area contributed by atoms with Gasteiger partial charge in [0.05, 0.1) is 6.42 Å². The molecule has 0 aliphatic heterocycles. The van der Waals surface area contributed by atoms with Crippen molar-refractivity contribution >= 4 is 29.5 Å². The Morgan fingerprint density at radius 3 is 2.05 bits per heavy atom. The maximum atomic E-state index is 14.2. The van der Waals surface area contributed by atoms with Crippen molar-refractivity contribution in [3.8, 4) is 0 Å². The van der Waals surface area contributed by atoms with Crippen LogP contribution in [-0.2, 0) is 19.1 Å². The molecule has 0 bridgehead atoms. The maximum absolute atomic E-state index is 14.2. The van der Waals surface area contributed by atoms with Gasteiger partial charge < -0.3 is 26.0 Å². The summed E-state index contributed by atoms with van der Waals surface area (Å²) in [6.07, 6.45) is -0.850. The summed E-state index contributed by atoms with van der Waals surface area (Å²) in [5.41, 5.74) is 5.82. The summed E-state index contributed by atoms with van der Waals surface area (Å²) in [4.78, 5) is 54.1. The molecule has 2 aromatic carbocycles. The molecule has 206 valence electrons. The predicted octanol–water partition coefficient (Wildman–Crippen LogP) is 4.46. The van der Waals surface area contributed by atoms with Gasteiger partial charge in [0, 0.05) is 11.2 Å². The van der Waals surface area contributed by atoms with Crippen molar-refractivity contribution in [3.63, 3.8) is 0 Å². The van der Waals surface area contributed by atoms with Gasteiger partial charge in [0.1, 0.15) is 17.7 Å². The second-order valence-electron chi connectivity index (χ2n) is 10.9. The molecule has 4 amide bonds. The second kappa shape index (κ2) is 12.6. The Morgan fingerprint density at radius 2 is 1.53 bits per heavy atom. The maximum Gasteiger partial charge on any atom is 0.408 e. The van der Waals surface area contributed by atoms with E-state index >= 15 is 0 Å². The number of nitrogens with two attached hydrogens (primary N) is 1. The lowest BCUT2D eigenvalue weighted by Crippen LogP contribution is -2.59. The number of anilines is 1. The Morgan fingerprint density at radius 1 is 0.947 bits per heavy atom. The number of alkyl carbamates (subject to hydrolysis) is 1. The van der Waals surface area contributed by atoms with Gasteiger partial charge in [-0.1, -0.05) is 55.5 Å². The lowest BCUT2D eigenvalue weighted by atomic mass is 9.91. The van der Waals surface area contributed by atoms with Crippen LogP contribution >= 0.6 is 0 Å². The number of amides is 4. The van der Waals surface area contributed by atoms with Crippen LogP contribution in [0.3, 0.4) is 0 Å². The minimum absolute atomic E-state index is 0.435. The highest BCUT2D eigenvalue weighted by atomic mass is 16.6. The lowest BCUT2D eigenvalue weighted by molar-refractivity contribution is -0.148. The monoisotopic (exact) mass is 524 g/mol. The largest absolute Gasteiger partial charge is 0.444 e. The number of hydrogen-bond acceptors (Lipinski definition) is 5. The molecule has 0 fully saturated rings. The normalized spacial score (nSPS) is 13.1. The lowest BCUT2D eigenvalue weighted by Gasteiger charge is -2.44. The first kappa shape index (κ1) is 30.3. The molecule has 2 unspecified atom stereocenters. The van der Waals surface area contributed by atoms with Crippen molar-refractivity contribution in [2.75, 3.05) is 5.32 Å². The number of carbonyl (C=O) groups is 4. The van der Waals surface area contributed by atoms with Gasteiger partial charge in [0.2, 0.25) is 11.8 Å². The summed E-state index contributed by atoms with van der Waals surface area (Å²) >= 11 is 0. The fraction of sp³-hybridized carbons (Fsp3) is 0.448. The molecule has 9 heteroatoms. The van der Waals surface area contributed by atoms with E-state index in [4.69, 9.17) is 10.5 Å². The summed E-state index contributed by atoms with van der Waals surface area (Å²) in [5, 5.41) is 5.46. The van der Waals surface area contributed by atoms with E-state index < -0.39 is 53.5 Å². The summed E-state index contributed by atoms with van der Waals surface area (Å²) in [5.74, 6) is -1.85. The van der Waals surface area contributed by atoms with Gasteiger partial charge in [-0.05, 0) is 65.2 Å². The van der Waals surface area contributed by atoms with Crippen molar-refractivity contribution < 1.29 is 23.9 Å². The van der Waals surface area contributed by atoms with Crippen molar-refractivity contribution in [1.82, 2.24) is 10.2 Å². The number of nitrogens with zero attached hydrogens (tertiary/aromatic N) is 1. The van der Waals surface area contributed by atoms with E-state index in [1.165, 1.54) is 4.90 Å². The number of primary amides is 1. The molecule has 0 saturated carbocycles. The predicted molar refractivity (Wildman–Crippen MR) is 147 cm³/mol. The minimum Gasteiger partial charge on any atom is -0.444 e. The molecule has 0 saturated heterocycles. The van der Waals surface area contributed by atoms with Crippen LogP contribution in [0.4, 0.5) is 10.5 Å². The quantitative estimate of drug-likeness (QED) is 0.422. The Hall–Kier alpha value is -3.88. The van der Waals surface area contributed by atoms with Crippen molar-refractivity contribution in [2.45, 2.75) is 84.5 Å². The Labute approximate surface area is 225 Å². The number of carbonyl (C=O) groups excluding carboxylic acids is 4. The van der Waals surface area contributed by atoms with Gasteiger partial charge >= 0.3 is 6.09 Å². The molecule has 9 nitrogen and oxygen atoms in total. The topological polar surface area (TPSA) is 131 Å². The molecule has 38 heavy (non-hydrogen) atoms. The van der Waals surface area contributed by atoms with Crippen molar-refractivity contribution in [3.05, 3.63) is 65.7 Å². The first-order valence-corrected chi connectivity index (χ1v) is 12.7. The first-order valence-electron chi connectivity index (χ1n) is 12.7. The highest BCUT2D eigenvalue weighted by Crippen LogP contribution is 2.33. The van der Waals surface area contributed by atoms with Crippen molar-refractivity contribution in [2.24, 2.45) is 5.73 Å². The van der Waals surface area contributed by atoms with Crippen LogP contribution < -0.4 is 16.4 Å². The number of rotatable bonds is 10. The van der Waals surface area contributed by atoms with Crippen LogP contribution in [0, 0.1) is 6.92 Å². The van der Waals surface area contributed by atoms with Gasteiger partial charge in [-0.25, -0.2) is 4.79 Å². The SMILES string of the molecule is CCC(C)(C)N(C(=O)C(CC(N)=O)NC(=O)OC(C)(C)C)C(C(=O)Nc1ccccc1C)c1ccccc1. The zero-order chi connectivity index (χ0) is 28.7. The highest BCUT2D eigenvalue weighted by Gasteiger charge is 2.43. The molecule has 2 rings (SSSR count). The highest BCUT2D eigenvalue weighted by molar-refractivity contribution is 6.00. The summed E-state index contributed by atoms with van der Waals surface area (Å²) in [7, 11) is 0. The van der Waals surface area contributed by atoms with Gasteiger partial charge in [0.25, 0.3) is 5.91 Å². The molecule has 2 aromatic rings. The average molecular weight is 525 g/mol. The second-order valence-corrected chi connectivity index (χ2v) is 10.9. The van der Waals surface area contributed by atoms with E-state index in [0.717, 1.165) is 5.56 Å². The summed E-state index contributed by atoms with van der Waals surface area (Å²) in [6.45, 7) is 12.5. The Kier molecular flexibility index (Phi) is 10.0. The van der Waals surface area contributed by atoms with Gasteiger partial charge in [0.15, 0.2) is 0 Å². The van der Waals surface area contributed by atoms with Crippen LogP contribution in [0.2, 0.25) is 0 Å². The van der Waals surface area contributed by atoms with Crippen LogP contribution in [0.5, 0.6) is 0 Å². The third-order valence-electron chi connectivity index (χ3n) is 6.17. The van der Waals surface area contributed by atoms with Crippen LogP contribution in [0.1, 0.15) is 71.6 Å². The van der Waals surface area contributed by atoms with Gasteiger partial charge in [-0.3, -0.25) is 14.4 Å². The molecule has 0 aliphatic rings. The van der Waals surface area contributed by atoms with Gasteiger partial charge in [-0.2, -0.15) is 0 Å². The smallest absolute Gasteiger partial charge is 0.408 e. The van der Waals surface area contributed by atoms with E-state index in [0.29, 0.717) is 17.7 Å². The number of para-hydroxylation sites is 1. The number of ether oxygens (including phenoxy) is 1. The number of hydrogen-bond donors (Lipinski definition) is 3. The van der Waals surface area contributed by atoms with Gasteiger partial charge in [-0.15, -0.1) is 0 Å². The standard InChI is InChI=1S/C29H40N4O5/c1-8-29(6,7)33(26(36)22(18-23(30)34)32-27(37)38-28(3,4)5)24(20-15-10-9-11-16-20)25(35)31-21-17-13-12-14-19(21)2/h9-17,22,24H,8,18H2,1-7H3,(H2,30,34)(H,31,35)(H,32,37). The molecule has 0 spiro atoms. The van der Waals surface area contributed by atoms with Crippen LogP contribution in [0.25, 0.3) is 0 Å². The average Bonchev–Trinajstić information content (AvgIpc) is 2.82. The molecule has 4 N–H and O–H groups in total. The van der Waals surface area contributed by atoms with Crippen molar-refractivity contribution in [1.29, 1.82) is 0 Å². The molecule has 0 aliphatic carbocycles. The number of nitrogens with one attached hydrogen (secondary N) is 2. The fourth-order valence-corrected chi connectivity index (χ4v) is 3.93. The fourth-order valence-electron chi connectivity index (χ4n) is 3.93. The first-order chi connectivity index (χ1) is 17.7. The molecule has 0 heterocycles.